The van der Waals surface area contributed by atoms with Gasteiger partial charge in [-0.15, -0.1) is 4.72 Å². The van der Waals surface area contributed by atoms with Crippen molar-refractivity contribution in [2.24, 2.45) is 0 Å². The number of hydrogen-bond donors (Lipinski definition) is 1. The van der Waals surface area contributed by atoms with Gasteiger partial charge in [0.1, 0.15) is 10.4 Å². The van der Waals surface area contributed by atoms with Crippen molar-refractivity contribution in [3.63, 3.8) is 0 Å². The summed E-state index contributed by atoms with van der Waals surface area (Å²) in [6, 6.07) is 21.5. The van der Waals surface area contributed by atoms with E-state index >= 15 is 0 Å². The van der Waals surface area contributed by atoms with Gasteiger partial charge in [-0.3, -0.25) is 4.98 Å². The molecule has 0 saturated carbocycles. The van der Waals surface area contributed by atoms with E-state index in [1.54, 1.807) is 6.08 Å². The molecule has 0 aliphatic heterocycles. The number of nitrogens with zero attached hydrogens (tertiary/aromatic N) is 2. The monoisotopic (exact) mass is 445 g/mol. The van der Waals surface area contributed by atoms with Crippen molar-refractivity contribution in [3.05, 3.63) is 90.3 Å². The van der Waals surface area contributed by atoms with Gasteiger partial charge in [0.15, 0.2) is 5.58 Å². The van der Waals surface area contributed by atoms with E-state index < -0.39 is 16.1 Å². The molecule has 0 spiro atoms. The van der Waals surface area contributed by atoms with Gasteiger partial charge in [-0.1, -0.05) is 54.2 Å². The molecule has 2 heterocycles. The van der Waals surface area contributed by atoms with Gasteiger partial charge >= 0.3 is 0 Å². The lowest BCUT2D eigenvalue weighted by Crippen LogP contribution is -2.42. The number of benzene rings is 2. The Morgan fingerprint density at radius 1 is 1.06 bits per heavy atom. The van der Waals surface area contributed by atoms with Crippen LogP contribution in [0.3, 0.4) is 0 Å². The SMILES string of the molecule is C=Cc1cccc(C[C@H](N[S+]([O-])C(C)(C)C)c2ccccc2-c2noc3ccccc23)n1. The third-order valence-corrected chi connectivity index (χ3v) is 6.84. The Morgan fingerprint density at radius 3 is 2.59 bits per heavy atom. The number of aromatic nitrogens is 2. The zero-order chi connectivity index (χ0) is 22.7. The Hall–Kier alpha value is -2.93. The molecule has 2 aromatic carbocycles. The molecule has 32 heavy (non-hydrogen) atoms. The van der Waals surface area contributed by atoms with Gasteiger partial charge in [0, 0.05) is 34.4 Å². The van der Waals surface area contributed by atoms with E-state index in [0.717, 1.165) is 39.2 Å². The first-order valence-electron chi connectivity index (χ1n) is 10.6. The summed E-state index contributed by atoms with van der Waals surface area (Å²) in [4.78, 5) is 4.68. The van der Waals surface area contributed by atoms with Crippen molar-refractivity contribution in [2.75, 3.05) is 0 Å². The maximum Gasteiger partial charge on any atom is 0.167 e. The molecule has 0 saturated heterocycles. The summed E-state index contributed by atoms with van der Waals surface area (Å²) in [6.07, 6.45) is 2.30. The minimum atomic E-state index is -1.27. The van der Waals surface area contributed by atoms with Crippen LogP contribution < -0.4 is 4.72 Å². The molecule has 0 radical (unpaired) electrons. The van der Waals surface area contributed by atoms with Crippen LogP contribution in [0.15, 0.2) is 77.8 Å². The zero-order valence-corrected chi connectivity index (χ0v) is 19.4. The predicted octanol–water partition coefficient (Wildman–Crippen LogP) is 5.87. The van der Waals surface area contributed by atoms with E-state index in [2.05, 4.69) is 21.4 Å². The van der Waals surface area contributed by atoms with Crippen LogP contribution in [-0.2, 0) is 17.8 Å². The van der Waals surface area contributed by atoms with Gasteiger partial charge in [-0.05, 0) is 56.7 Å². The van der Waals surface area contributed by atoms with E-state index in [9.17, 15) is 4.55 Å². The molecule has 1 N–H and O–H groups in total. The maximum absolute atomic E-state index is 13.1. The molecular formula is C26H27N3O2S. The van der Waals surface area contributed by atoms with Gasteiger partial charge in [-0.25, -0.2) is 0 Å². The lowest BCUT2D eigenvalue weighted by molar-refractivity contribution is 0.459. The second-order valence-corrected chi connectivity index (χ2v) is 10.6. The molecule has 4 aromatic rings. The van der Waals surface area contributed by atoms with Crippen LogP contribution >= 0.6 is 0 Å². The molecular weight excluding hydrogens is 418 g/mol. The second kappa shape index (κ2) is 9.28. The largest absolute Gasteiger partial charge is 0.598 e. The number of rotatable bonds is 7. The normalized spacial score (nSPS) is 13.8. The van der Waals surface area contributed by atoms with E-state index in [1.807, 2.05) is 87.5 Å². The van der Waals surface area contributed by atoms with Crippen LogP contribution in [0.5, 0.6) is 0 Å². The highest BCUT2D eigenvalue weighted by atomic mass is 32.2. The Labute approximate surface area is 191 Å². The summed E-state index contributed by atoms with van der Waals surface area (Å²) < 4.78 is 21.6. The minimum Gasteiger partial charge on any atom is -0.598 e. The molecule has 4 rings (SSSR count). The van der Waals surface area contributed by atoms with E-state index in [-0.39, 0.29) is 6.04 Å². The minimum absolute atomic E-state index is 0.241. The van der Waals surface area contributed by atoms with Gasteiger partial charge in [0.05, 0.1) is 11.7 Å². The first kappa shape index (κ1) is 22.3. The summed E-state index contributed by atoms with van der Waals surface area (Å²) in [5.74, 6) is 0. The van der Waals surface area contributed by atoms with Gasteiger partial charge in [0.2, 0.25) is 0 Å². The molecule has 2 atom stereocenters. The molecule has 5 nitrogen and oxygen atoms in total. The van der Waals surface area contributed by atoms with Crippen molar-refractivity contribution in [2.45, 2.75) is 38.0 Å². The fraction of sp³-hybridized carbons (Fsp3) is 0.231. The van der Waals surface area contributed by atoms with Gasteiger partial charge in [-0.2, -0.15) is 0 Å². The quantitative estimate of drug-likeness (QED) is 0.360. The highest BCUT2D eigenvalue weighted by Gasteiger charge is 2.31. The van der Waals surface area contributed by atoms with Crippen LogP contribution in [0.4, 0.5) is 0 Å². The highest BCUT2D eigenvalue weighted by molar-refractivity contribution is 7.90. The van der Waals surface area contributed by atoms with Crippen LogP contribution in [0, 0.1) is 0 Å². The van der Waals surface area contributed by atoms with Gasteiger partial charge in [0.25, 0.3) is 0 Å². The lowest BCUT2D eigenvalue weighted by Gasteiger charge is -2.29. The molecule has 2 aromatic heterocycles. The second-order valence-electron chi connectivity index (χ2n) is 8.63. The average Bonchev–Trinajstić information content (AvgIpc) is 3.22. The molecule has 164 valence electrons. The predicted molar refractivity (Wildman–Crippen MR) is 131 cm³/mol. The molecule has 6 heteroatoms. The fourth-order valence-electron chi connectivity index (χ4n) is 3.55. The Kier molecular flexibility index (Phi) is 6.46. The molecule has 0 aliphatic carbocycles. The topological polar surface area (TPSA) is 74.0 Å². The maximum atomic E-state index is 13.1. The van der Waals surface area contributed by atoms with Crippen LogP contribution in [0.2, 0.25) is 0 Å². The summed E-state index contributed by atoms with van der Waals surface area (Å²) in [6.45, 7) is 9.70. The van der Waals surface area contributed by atoms with E-state index in [4.69, 9.17) is 4.52 Å². The van der Waals surface area contributed by atoms with Crippen LogP contribution in [0.25, 0.3) is 28.3 Å². The number of nitrogens with one attached hydrogen (secondary N) is 1. The summed E-state index contributed by atoms with van der Waals surface area (Å²) in [7, 11) is 0. The van der Waals surface area contributed by atoms with Crippen LogP contribution in [-0.4, -0.2) is 19.4 Å². The first-order chi connectivity index (χ1) is 15.4. The van der Waals surface area contributed by atoms with Crippen molar-refractivity contribution in [3.8, 4) is 11.3 Å². The first-order valence-corrected chi connectivity index (χ1v) is 11.7. The zero-order valence-electron chi connectivity index (χ0n) is 18.5. The summed E-state index contributed by atoms with van der Waals surface area (Å²) >= 11 is -1.27. The Bertz CT molecular complexity index is 1230. The number of para-hydroxylation sites is 1. The fourth-order valence-corrected chi connectivity index (χ4v) is 4.37. The van der Waals surface area contributed by atoms with E-state index in [0.29, 0.717) is 6.42 Å². The third kappa shape index (κ3) is 4.78. The highest BCUT2D eigenvalue weighted by Crippen LogP contribution is 2.35. The molecule has 0 amide bonds. The van der Waals surface area contributed by atoms with Crippen molar-refractivity contribution in [1.82, 2.24) is 14.9 Å². The third-order valence-electron chi connectivity index (χ3n) is 5.22. The average molecular weight is 446 g/mol. The molecule has 1 unspecified atom stereocenters. The van der Waals surface area contributed by atoms with Crippen molar-refractivity contribution in [1.29, 1.82) is 0 Å². The van der Waals surface area contributed by atoms with Crippen molar-refractivity contribution < 1.29 is 9.08 Å². The lowest BCUT2D eigenvalue weighted by atomic mass is 9.94. The van der Waals surface area contributed by atoms with Crippen molar-refractivity contribution >= 4 is 28.4 Å². The van der Waals surface area contributed by atoms with E-state index in [1.165, 1.54) is 0 Å². The Morgan fingerprint density at radius 2 is 1.81 bits per heavy atom. The Balaban J connectivity index is 1.79. The summed E-state index contributed by atoms with van der Waals surface area (Å²) in [5, 5.41) is 5.31. The number of pyridine rings is 1. The number of hydrogen-bond acceptors (Lipinski definition) is 5. The molecule has 0 aliphatic rings. The molecule has 0 bridgehead atoms. The smallest absolute Gasteiger partial charge is 0.167 e. The van der Waals surface area contributed by atoms with Gasteiger partial charge < -0.3 is 9.08 Å². The van der Waals surface area contributed by atoms with Crippen LogP contribution in [0.1, 0.15) is 43.8 Å². The number of fused-ring (bicyclic) bond motifs is 1. The standard InChI is InChI=1S/C26H27N3O2S/c1-5-18-11-10-12-19(27-18)17-23(29-32(30)26(2,3)4)20-13-6-7-14-21(20)25-22-15-8-9-16-24(22)31-28-25/h5-16,23,29H,1,17H2,2-4H3/t23-,32?/m0/s1. The summed E-state index contributed by atoms with van der Waals surface area (Å²) in [5.41, 5.74) is 5.16. The molecule has 0 fully saturated rings.